The van der Waals surface area contributed by atoms with Gasteiger partial charge in [-0.3, -0.25) is 13.9 Å². The molecule has 0 heterocycles. The molecule has 0 fully saturated rings. The highest BCUT2D eigenvalue weighted by atomic mass is 35.5. The second-order valence-corrected chi connectivity index (χ2v) is 11.7. The fourth-order valence-electron chi connectivity index (χ4n) is 3.30. The first-order valence-electron chi connectivity index (χ1n) is 10.8. The third-order valence-corrected chi connectivity index (χ3v) is 7.21. The van der Waals surface area contributed by atoms with E-state index in [-0.39, 0.29) is 22.6 Å². The Kier molecular flexibility index (Phi) is 10.1. The first-order chi connectivity index (χ1) is 16.9. The normalized spacial score (nSPS) is 12.8. The number of alkyl halides is 3. The molecule has 2 rings (SSSR count). The average molecular weight is 603 g/mol. The maximum atomic E-state index is 13.5. The molecule has 0 saturated carbocycles. The van der Waals surface area contributed by atoms with E-state index < -0.39 is 51.9 Å². The number of rotatable bonds is 9. The van der Waals surface area contributed by atoms with Gasteiger partial charge in [-0.2, -0.15) is 13.2 Å². The smallest absolute Gasteiger partial charge is 0.352 e. The summed E-state index contributed by atoms with van der Waals surface area (Å²) in [4.78, 5) is 27.3. The number of anilines is 1. The van der Waals surface area contributed by atoms with Crippen LogP contribution in [0.25, 0.3) is 0 Å². The van der Waals surface area contributed by atoms with Crippen LogP contribution in [-0.4, -0.2) is 50.0 Å². The summed E-state index contributed by atoms with van der Waals surface area (Å²) in [5.41, 5.74) is -1.27. The molecule has 0 aromatic heterocycles. The van der Waals surface area contributed by atoms with Gasteiger partial charge in [0.05, 0.1) is 22.5 Å². The Morgan fingerprint density at radius 1 is 1.00 bits per heavy atom. The molecule has 204 valence electrons. The maximum Gasteiger partial charge on any atom is 0.416 e. The summed E-state index contributed by atoms with van der Waals surface area (Å²) in [6, 6.07) is 5.28. The topological polar surface area (TPSA) is 86.8 Å². The lowest BCUT2D eigenvalue weighted by Crippen LogP contribution is -2.52. The molecule has 0 bridgehead atoms. The summed E-state index contributed by atoms with van der Waals surface area (Å²) < 4.78 is 65.6. The number of nitrogens with one attached hydrogen (secondary N) is 1. The summed E-state index contributed by atoms with van der Waals surface area (Å²) in [5.74, 6) is -1.41. The molecule has 2 amide bonds. The third-order valence-electron chi connectivity index (χ3n) is 5.18. The standard InChI is InChI=1S/C23H25Cl3F3N3O4S/c1-13(2)30-22(34)14(3)31(11-15-5-7-17(24)10-19(15)26)21(33)12-32(37(4,35)36)20-9-16(23(27,28)29)6-8-18(20)25/h5-10,13-14H,11-12H2,1-4H3,(H,30,34)/t14-/m0/s1. The summed E-state index contributed by atoms with van der Waals surface area (Å²) in [7, 11) is -4.29. The number of amides is 2. The quantitative estimate of drug-likeness (QED) is 0.418. The van der Waals surface area contributed by atoms with Crippen molar-refractivity contribution in [2.75, 3.05) is 17.1 Å². The van der Waals surface area contributed by atoms with E-state index >= 15 is 0 Å². The molecule has 2 aromatic rings. The minimum absolute atomic E-state index is 0.197. The van der Waals surface area contributed by atoms with E-state index in [4.69, 9.17) is 34.8 Å². The van der Waals surface area contributed by atoms with E-state index in [2.05, 4.69) is 5.32 Å². The van der Waals surface area contributed by atoms with Crippen molar-refractivity contribution in [1.82, 2.24) is 10.2 Å². The van der Waals surface area contributed by atoms with E-state index in [9.17, 15) is 31.2 Å². The zero-order valence-electron chi connectivity index (χ0n) is 20.2. The van der Waals surface area contributed by atoms with E-state index in [0.717, 1.165) is 17.2 Å². The minimum Gasteiger partial charge on any atom is -0.352 e. The van der Waals surface area contributed by atoms with Gasteiger partial charge >= 0.3 is 6.18 Å². The van der Waals surface area contributed by atoms with E-state index in [1.807, 2.05) is 0 Å². The summed E-state index contributed by atoms with van der Waals surface area (Å²) in [6.07, 6.45) is -4.06. The molecule has 0 aliphatic heterocycles. The van der Waals surface area contributed by atoms with Gasteiger partial charge in [0, 0.05) is 22.6 Å². The van der Waals surface area contributed by atoms with Crippen molar-refractivity contribution >= 4 is 62.3 Å². The number of hydrogen-bond donors (Lipinski definition) is 1. The first-order valence-corrected chi connectivity index (χ1v) is 13.8. The molecular weight excluding hydrogens is 578 g/mol. The lowest BCUT2D eigenvalue weighted by Gasteiger charge is -2.32. The Hall–Kier alpha value is -2.21. The number of benzene rings is 2. The van der Waals surface area contributed by atoms with Crippen LogP contribution < -0.4 is 9.62 Å². The number of hydrogen-bond acceptors (Lipinski definition) is 4. The van der Waals surface area contributed by atoms with Gasteiger partial charge in [0.25, 0.3) is 0 Å². The van der Waals surface area contributed by atoms with Gasteiger partial charge in [-0.05, 0) is 56.7 Å². The number of carbonyl (C=O) groups excluding carboxylic acids is 2. The minimum atomic E-state index is -4.78. The molecule has 7 nitrogen and oxygen atoms in total. The van der Waals surface area contributed by atoms with Crippen LogP contribution in [0, 0.1) is 0 Å². The monoisotopic (exact) mass is 601 g/mol. The van der Waals surface area contributed by atoms with E-state index in [0.29, 0.717) is 27.0 Å². The fourth-order valence-corrected chi connectivity index (χ4v) is 4.89. The van der Waals surface area contributed by atoms with E-state index in [1.54, 1.807) is 13.8 Å². The van der Waals surface area contributed by atoms with Gasteiger partial charge in [0.2, 0.25) is 21.8 Å². The van der Waals surface area contributed by atoms with Crippen molar-refractivity contribution < 1.29 is 31.2 Å². The van der Waals surface area contributed by atoms with Gasteiger partial charge in [-0.1, -0.05) is 40.9 Å². The summed E-state index contributed by atoms with van der Waals surface area (Å²) in [5, 5.41) is 2.89. The SMILES string of the molecule is CC(C)NC(=O)[C@H](C)N(Cc1ccc(Cl)cc1Cl)C(=O)CN(c1cc(C(F)(F)F)ccc1Cl)S(C)(=O)=O. The molecule has 0 aliphatic rings. The van der Waals surface area contributed by atoms with Crippen LogP contribution in [-0.2, 0) is 32.3 Å². The fraction of sp³-hybridized carbons (Fsp3) is 0.391. The summed E-state index contributed by atoms with van der Waals surface area (Å²) in [6.45, 7) is 3.73. The molecule has 1 atom stereocenters. The van der Waals surface area contributed by atoms with Gasteiger partial charge in [-0.15, -0.1) is 0 Å². The second kappa shape index (κ2) is 12.1. The molecule has 0 saturated heterocycles. The van der Waals surface area contributed by atoms with Crippen LogP contribution in [0.4, 0.5) is 18.9 Å². The zero-order valence-corrected chi connectivity index (χ0v) is 23.3. The van der Waals surface area contributed by atoms with Crippen molar-refractivity contribution in [1.29, 1.82) is 0 Å². The molecule has 2 aromatic carbocycles. The van der Waals surface area contributed by atoms with Crippen molar-refractivity contribution in [3.05, 3.63) is 62.6 Å². The Bertz CT molecular complexity index is 1270. The average Bonchev–Trinajstić information content (AvgIpc) is 2.75. The highest BCUT2D eigenvalue weighted by Crippen LogP contribution is 2.36. The highest BCUT2D eigenvalue weighted by Gasteiger charge is 2.35. The van der Waals surface area contributed by atoms with Crippen molar-refractivity contribution in [3.8, 4) is 0 Å². The van der Waals surface area contributed by atoms with Crippen LogP contribution in [0.15, 0.2) is 36.4 Å². The highest BCUT2D eigenvalue weighted by molar-refractivity contribution is 7.92. The molecule has 1 N–H and O–H groups in total. The molecule has 37 heavy (non-hydrogen) atoms. The van der Waals surface area contributed by atoms with Crippen LogP contribution in [0.5, 0.6) is 0 Å². The number of sulfonamides is 1. The second-order valence-electron chi connectivity index (χ2n) is 8.53. The van der Waals surface area contributed by atoms with E-state index in [1.165, 1.54) is 25.1 Å². The van der Waals surface area contributed by atoms with Crippen LogP contribution in [0.2, 0.25) is 15.1 Å². The predicted molar refractivity (Wildman–Crippen MR) is 138 cm³/mol. The largest absolute Gasteiger partial charge is 0.416 e. The van der Waals surface area contributed by atoms with Gasteiger partial charge in [0.15, 0.2) is 0 Å². The predicted octanol–water partition coefficient (Wildman–Crippen LogP) is 5.37. The Morgan fingerprint density at radius 3 is 2.14 bits per heavy atom. The lowest BCUT2D eigenvalue weighted by molar-refractivity contribution is -0.139. The molecule has 0 unspecified atom stereocenters. The van der Waals surface area contributed by atoms with Crippen LogP contribution in [0.3, 0.4) is 0 Å². The molecule has 0 aliphatic carbocycles. The Labute approximate surface area is 228 Å². The third kappa shape index (κ3) is 8.39. The Balaban J connectivity index is 2.53. The molecule has 0 spiro atoms. The Morgan fingerprint density at radius 2 is 1.62 bits per heavy atom. The number of carbonyl (C=O) groups is 2. The first kappa shape index (κ1) is 31.0. The van der Waals surface area contributed by atoms with Gasteiger partial charge < -0.3 is 10.2 Å². The number of nitrogens with zero attached hydrogens (tertiary/aromatic N) is 2. The number of halogens is 6. The molecule has 14 heteroatoms. The molecular formula is C23H25Cl3F3N3O4S. The summed E-state index contributed by atoms with van der Waals surface area (Å²) >= 11 is 18.2. The molecule has 0 radical (unpaired) electrons. The van der Waals surface area contributed by atoms with Crippen LogP contribution >= 0.6 is 34.8 Å². The van der Waals surface area contributed by atoms with Gasteiger partial charge in [-0.25, -0.2) is 8.42 Å². The van der Waals surface area contributed by atoms with Crippen molar-refractivity contribution in [2.45, 2.75) is 45.6 Å². The lowest BCUT2D eigenvalue weighted by atomic mass is 10.1. The maximum absolute atomic E-state index is 13.5. The zero-order chi connectivity index (χ0) is 28.3. The van der Waals surface area contributed by atoms with Crippen molar-refractivity contribution in [2.24, 2.45) is 0 Å². The van der Waals surface area contributed by atoms with Crippen molar-refractivity contribution in [3.63, 3.8) is 0 Å². The van der Waals surface area contributed by atoms with Gasteiger partial charge in [0.1, 0.15) is 12.6 Å². The van der Waals surface area contributed by atoms with Crippen LogP contribution in [0.1, 0.15) is 31.9 Å².